The Balaban J connectivity index is 2.37. The molecule has 7 heteroatoms. The number of esters is 2. The maximum atomic E-state index is 12.1. The molecular weight excluding hydrogens is 342 g/mol. The molecular formula is C14H14BrNO5. The zero-order chi connectivity index (χ0) is 15.6. The molecule has 2 rings (SSSR count). The van der Waals surface area contributed by atoms with Gasteiger partial charge in [-0.15, -0.1) is 0 Å². The number of rotatable bonds is 3. The van der Waals surface area contributed by atoms with E-state index in [2.05, 4.69) is 20.7 Å². The number of amides is 1. The van der Waals surface area contributed by atoms with Gasteiger partial charge in [0.05, 0.1) is 31.4 Å². The van der Waals surface area contributed by atoms with Crippen molar-refractivity contribution in [3.8, 4) is 0 Å². The van der Waals surface area contributed by atoms with E-state index in [0.717, 1.165) is 4.47 Å². The highest BCUT2D eigenvalue weighted by atomic mass is 79.9. The highest BCUT2D eigenvalue weighted by Gasteiger charge is 2.37. The van der Waals surface area contributed by atoms with Crippen molar-refractivity contribution in [3.05, 3.63) is 28.2 Å². The van der Waals surface area contributed by atoms with Crippen molar-refractivity contribution in [3.63, 3.8) is 0 Å². The molecule has 0 radical (unpaired) electrons. The van der Waals surface area contributed by atoms with Crippen molar-refractivity contribution in [2.75, 3.05) is 25.7 Å². The summed E-state index contributed by atoms with van der Waals surface area (Å²) in [6, 6.07) is 4.92. The van der Waals surface area contributed by atoms with Gasteiger partial charge in [-0.2, -0.15) is 0 Å². The van der Waals surface area contributed by atoms with E-state index in [-0.39, 0.29) is 24.4 Å². The lowest BCUT2D eigenvalue weighted by Gasteiger charge is -2.19. The molecule has 0 aliphatic carbocycles. The lowest BCUT2D eigenvalue weighted by atomic mass is 10.1. The molecule has 0 bridgehead atoms. The van der Waals surface area contributed by atoms with Crippen LogP contribution in [0.4, 0.5) is 5.69 Å². The average Bonchev–Trinajstić information content (AvgIpc) is 2.87. The minimum Gasteiger partial charge on any atom is -0.469 e. The number of carbonyl (C=O) groups excluding carboxylic acids is 3. The van der Waals surface area contributed by atoms with Gasteiger partial charge in [0.25, 0.3) is 0 Å². The standard InChI is InChI=1S/C14H14BrNO5/c1-20-13(18)8-5-12(17)16(7-8)11-6-9(15)3-4-10(11)14(19)21-2/h3-4,6,8H,5,7H2,1-2H3. The highest BCUT2D eigenvalue weighted by Crippen LogP contribution is 2.31. The van der Waals surface area contributed by atoms with Crippen LogP contribution in [0.5, 0.6) is 0 Å². The first kappa shape index (κ1) is 15.5. The van der Waals surface area contributed by atoms with Gasteiger partial charge in [0.2, 0.25) is 5.91 Å². The Kier molecular flexibility index (Phi) is 4.62. The first-order valence-corrected chi connectivity index (χ1v) is 7.03. The van der Waals surface area contributed by atoms with Gasteiger partial charge in [-0.3, -0.25) is 9.59 Å². The number of halogens is 1. The molecule has 1 fully saturated rings. The van der Waals surface area contributed by atoms with Gasteiger partial charge in [-0.1, -0.05) is 15.9 Å². The van der Waals surface area contributed by atoms with Crippen LogP contribution in [-0.4, -0.2) is 38.6 Å². The molecule has 1 unspecified atom stereocenters. The Bertz CT molecular complexity index is 601. The number of anilines is 1. The zero-order valence-corrected chi connectivity index (χ0v) is 13.2. The van der Waals surface area contributed by atoms with E-state index >= 15 is 0 Å². The third-order valence-electron chi connectivity index (χ3n) is 3.32. The number of nitrogens with zero attached hydrogens (tertiary/aromatic N) is 1. The van der Waals surface area contributed by atoms with E-state index < -0.39 is 17.9 Å². The molecule has 112 valence electrons. The maximum Gasteiger partial charge on any atom is 0.339 e. The van der Waals surface area contributed by atoms with Crippen LogP contribution >= 0.6 is 15.9 Å². The molecule has 1 aromatic rings. The minimum atomic E-state index is -0.535. The number of benzene rings is 1. The van der Waals surface area contributed by atoms with Crippen molar-refractivity contribution in [1.82, 2.24) is 0 Å². The summed E-state index contributed by atoms with van der Waals surface area (Å²) in [4.78, 5) is 36.9. The van der Waals surface area contributed by atoms with Crippen molar-refractivity contribution in [2.45, 2.75) is 6.42 Å². The molecule has 1 amide bonds. The molecule has 0 N–H and O–H groups in total. The van der Waals surface area contributed by atoms with E-state index in [0.29, 0.717) is 5.69 Å². The van der Waals surface area contributed by atoms with Crippen LogP contribution in [0.2, 0.25) is 0 Å². The molecule has 1 saturated heterocycles. The lowest BCUT2D eigenvalue weighted by Crippen LogP contribution is -2.28. The van der Waals surface area contributed by atoms with Crippen molar-refractivity contribution in [2.24, 2.45) is 5.92 Å². The van der Waals surface area contributed by atoms with E-state index in [4.69, 9.17) is 4.74 Å². The van der Waals surface area contributed by atoms with Crippen LogP contribution in [0, 0.1) is 5.92 Å². The second-order valence-electron chi connectivity index (χ2n) is 4.58. The predicted molar refractivity (Wildman–Crippen MR) is 78.0 cm³/mol. The van der Waals surface area contributed by atoms with Crippen molar-refractivity contribution in [1.29, 1.82) is 0 Å². The second-order valence-corrected chi connectivity index (χ2v) is 5.50. The summed E-state index contributed by atoms with van der Waals surface area (Å²) in [5, 5.41) is 0. The fourth-order valence-corrected chi connectivity index (χ4v) is 2.62. The molecule has 0 aromatic heterocycles. The van der Waals surface area contributed by atoms with Gasteiger partial charge in [0.15, 0.2) is 0 Å². The molecule has 1 aliphatic rings. The molecule has 0 saturated carbocycles. The first-order chi connectivity index (χ1) is 9.97. The number of hydrogen-bond donors (Lipinski definition) is 0. The Labute approximate surface area is 130 Å². The Morgan fingerprint density at radius 2 is 2.00 bits per heavy atom. The summed E-state index contributed by atoms with van der Waals surface area (Å²) in [5.41, 5.74) is 0.701. The van der Waals surface area contributed by atoms with Crippen LogP contribution in [0.3, 0.4) is 0 Å². The molecule has 1 aromatic carbocycles. The van der Waals surface area contributed by atoms with E-state index in [1.54, 1.807) is 18.2 Å². The Hall–Kier alpha value is -1.89. The average molecular weight is 356 g/mol. The predicted octanol–water partition coefficient (Wildman–Crippen LogP) is 1.76. The van der Waals surface area contributed by atoms with Gasteiger partial charge >= 0.3 is 11.9 Å². The third kappa shape index (κ3) is 3.07. The van der Waals surface area contributed by atoms with E-state index in [1.165, 1.54) is 19.1 Å². The number of carbonyl (C=O) groups is 3. The molecule has 1 heterocycles. The lowest BCUT2D eigenvalue weighted by molar-refractivity contribution is -0.145. The van der Waals surface area contributed by atoms with Gasteiger partial charge in [-0.25, -0.2) is 4.79 Å². The summed E-state index contributed by atoms with van der Waals surface area (Å²) < 4.78 is 10.1. The SMILES string of the molecule is COC(=O)c1ccc(Br)cc1N1CC(C(=O)OC)CC1=O. The smallest absolute Gasteiger partial charge is 0.339 e. The monoisotopic (exact) mass is 355 g/mol. The molecule has 1 aliphatic heterocycles. The van der Waals surface area contributed by atoms with Crippen LogP contribution in [0.1, 0.15) is 16.8 Å². The number of hydrogen-bond acceptors (Lipinski definition) is 5. The van der Waals surface area contributed by atoms with E-state index in [9.17, 15) is 14.4 Å². The summed E-state index contributed by atoms with van der Waals surface area (Å²) in [7, 11) is 2.56. The van der Waals surface area contributed by atoms with Crippen LogP contribution < -0.4 is 4.90 Å². The van der Waals surface area contributed by atoms with Crippen LogP contribution in [0.15, 0.2) is 22.7 Å². The molecule has 1 atom stereocenters. The molecule has 6 nitrogen and oxygen atoms in total. The van der Waals surface area contributed by atoms with E-state index in [1.807, 2.05) is 0 Å². The maximum absolute atomic E-state index is 12.1. The van der Waals surface area contributed by atoms with Gasteiger partial charge in [-0.05, 0) is 18.2 Å². The minimum absolute atomic E-state index is 0.0692. The quantitative estimate of drug-likeness (QED) is 0.772. The van der Waals surface area contributed by atoms with Crippen molar-refractivity contribution < 1.29 is 23.9 Å². The Morgan fingerprint density at radius 1 is 1.29 bits per heavy atom. The number of methoxy groups -OCH3 is 2. The van der Waals surface area contributed by atoms with Gasteiger partial charge in [0.1, 0.15) is 0 Å². The summed E-state index contributed by atoms with van der Waals surface area (Å²) in [5.74, 6) is -1.71. The molecule has 21 heavy (non-hydrogen) atoms. The summed E-state index contributed by atoms with van der Waals surface area (Å²) >= 11 is 3.31. The third-order valence-corrected chi connectivity index (χ3v) is 3.81. The zero-order valence-electron chi connectivity index (χ0n) is 11.6. The van der Waals surface area contributed by atoms with Crippen LogP contribution in [-0.2, 0) is 19.1 Å². The topological polar surface area (TPSA) is 72.9 Å². The fourth-order valence-electron chi connectivity index (χ4n) is 2.28. The van der Waals surface area contributed by atoms with Crippen LogP contribution in [0.25, 0.3) is 0 Å². The highest BCUT2D eigenvalue weighted by molar-refractivity contribution is 9.10. The van der Waals surface area contributed by atoms with Crippen molar-refractivity contribution >= 4 is 39.5 Å². The normalized spacial score (nSPS) is 17.8. The number of ether oxygens (including phenoxy) is 2. The first-order valence-electron chi connectivity index (χ1n) is 6.24. The summed E-state index contributed by atoms with van der Waals surface area (Å²) in [6.45, 7) is 0.186. The largest absolute Gasteiger partial charge is 0.469 e. The van der Waals surface area contributed by atoms with Gasteiger partial charge in [0, 0.05) is 17.4 Å². The fraction of sp³-hybridized carbons (Fsp3) is 0.357. The molecule has 0 spiro atoms. The Morgan fingerprint density at radius 3 is 2.62 bits per heavy atom. The second kappa shape index (κ2) is 6.26. The van der Waals surface area contributed by atoms with Gasteiger partial charge < -0.3 is 14.4 Å². The summed E-state index contributed by atoms with van der Waals surface area (Å²) in [6.07, 6.45) is 0.0692.